The van der Waals surface area contributed by atoms with Crippen LogP contribution in [0.15, 0.2) is 16.6 Å². The molecule has 0 radical (unpaired) electrons. The third-order valence-electron chi connectivity index (χ3n) is 3.75. The highest BCUT2D eigenvalue weighted by Crippen LogP contribution is 2.32. The Balaban J connectivity index is 2.08. The highest BCUT2D eigenvalue weighted by atomic mass is 79.9. The minimum Gasteiger partial charge on any atom is -0.354 e. The Morgan fingerprint density at radius 1 is 1.27 bits per heavy atom. The summed E-state index contributed by atoms with van der Waals surface area (Å²) >= 11 is 3.45. The second-order valence-corrected chi connectivity index (χ2v) is 6.32. The quantitative estimate of drug-likeness (QED) is 0.769. The van der Waals surface area contributed by atoms with Crippen LogP contribution >= 0.6 is 15.9 Å². The van der Waals surface area contributed by atoms with E-state index < -0.39 is 5.92 Å². The molecule has 3 rings (SSSR count). The average Bonchev–Trinajstić information content (AvgIpc) is 2.46. The molecule has 7 heteroatoms. The van der Waals surface area contributed by atoms with Gasteiger partial charge in [0.15, 0.2) is 11.5 Å². The van der Waals surface area contributed by atoms with Crippen LogP contribution < -0.4 is 4.90 Å². The summed E-state index contributed by atoms with van der Waals surface area (Å²) in [6, 6.07) is 5.79. The van der Waals surface area contributed by atoms with Crippen molar-refractivity contribution in [3.05, 3.63) is 27.9 Å². The molecule has 0 spiro atoms. The number of halogens is 3. The van der Waals surface area contributed by atoms with E-state index in [1.54, 1.807) is 4.90 Å². The van der Waals surface area contributed by atoms with E-state index in [0.717, 1.165) is 10.0 Å². The monoisotopic (exact) mass is 366 g/mol. The van der Waals surface area contributed by atoms with E-state index in [-0.39, 0.29) is 31.6 Å². The topological polar surface area (TPSA) is 52.8 Å². The number of aromatic nitrogens is 2. The summed E-state index contributed by atoms with van der Waals surface area (Å²) in [4.78, 5) is 10.6. The van der Waals surface area contributed by atoms with Crippen LogP contribution in [-0.2, 0) is 0 Å². The number of aryl methyl sites for hydroxylation is 1. The molecule has 0 saturated carbocycles. The molecule has 2 heterocycles. The van der Waals surface area contributed by atoms with Crippen molar-refractivity contribution in [1.29, 1.82) is 5.26 Å². The third kappa shape index (κ3) is 2.75. The van der Waals surface area contributed by atoms with Crippen LogP contribution in [0.1, 0.15) is 24.1 Å². The lowest BCUT2D eigenvalue weighted by Crippen LogP contribution is -2.40. The first-order valence-corrected chi connectivity index (χ1v) is 7.70. The fourth-order valence-corrected chi connectivity index (χ4v) is 3.24. The van der Waals surface area contributed by atoms with E-state index in [2.05, 4.69) is 25.9 Å². The zero-order valence-electron chi connectivity index (χ0n) is 11.9. The van der Waals surface area contributed by atoms with Gasteiger partial charge in [-0.05, 0) is 40.5 Å². The lowest BCUT2D eigenvalue weighted by molar-refractivity contribution is -0.0221. The predicted octanol–water partition coefficient (Wildman–Crippen LogP) is 3.81. The van der Waals surface area contributed by atoms with Crippen LogP contribution in [0.25, 0.3) is 11.0 Å². The average molecular weight is 367 g/mol. The SMILES string of the molecule is Cc1cc(Br)c2nc(N3CCC(F)(F)CC3)c(C#N)nc2c1. The van der Waals surface area contributed by atoms with Crippen LogP contribution in [0.4, 0.5) is 14.6 Å². The van der Waals surface area contributed by atoms with Crippen molar-refractivity contribution >= 4 is 32.8 Å². The van der Waals surface area contributed by atoms with Crippen molar-refractivity contribution in [1.82, 2.24) is 9.97 Å². The number of hydrogen-bond donors (Lipinski definition) is 0. The molecule has 22 heavy (non-hydrogen) atoms. The van der Waals surface area contributed by atoms with E-state index in [9.17, 15) is 14.0 Å². The number of anilines is 1. The van der Waals surface area contributed by atoms with Gasteiger partial charge in [-0.15, -0.1) is 0 Å². The summed E-state index contributed by atoms with van der Waals surface area (Å²) in [7, 11) is 0. The van der Waals surface area contributed by atoms with Gasteiger partial charge in [0, 0.05) is 30.4 Å². The second kappa shape index (κ2) is 5.43. The number of hydrogen-bond acceptors (Lipinski definition) is 4. The fraction of sp³-hybridized carbons (Fsp3) is 0.400. The molecule has 0 bridgehead atoms. The lowest BCUT2D eigenvalue weighted by Gasteiger charge is -2.32. The molecule has 1 aromatic carbocycles. The van der Waals surface area contributed by atoms with Gasteiger partial charge >= 0.3 is 0 Å². The number of nitriles is 1. The summed E-state index contributed by atoms with van der Waals surface area (Å²) < 4.78 is 27.4. The van der Waals surface area contributed by atoms with Crippen LogP contribution in [0, 0.1) is 18.3 Å². The zero-order chi connectivity index (χ0) is 15.9. The molecular formula is C15H13BrF2N4. The molecule has 2 aromatic rings. The normalized spacial score (nSPS) is 17.5. The summed E-state index contributed by atoms with van der Waals surface area (Å²) in [6.45, 7) is 2.27. The molecule has 0 aliphatic carbocycles. The first-order chi connectivity index (χ1) is 10.4. The Kier molecular flexibility index (Phi) is 3.73. The molecule has 0 amide bonds. The molecule has 1 aliphatic heterocycles. The van der Waals surface area contributed by atoms with Gasteiger partial charge in [0.25, 0.3) is 5.92 Å². The first kappa shape index (κ1) is 15.1. The molecule has 4 nitrogen and oxygen atoms in total. The minimum absolute atomic E-state index is 0.172. The van der Waals surface area contributed by atoms with Gasteiger partial charge < -0.3 is 4.90 Å². The van der Waals surface area contributed by atoms with E-state index in [4.69, 9.17) is 0 Å². The highest BCUT2D eigenvalue weighted by Gasteiger charge is 2.35. The number of fused-ring (bicyclic) bond motifs is 1. The van der Waals surface area contributed by atoms with Crippen LogP contribution in [0.3, 0.4) is 0 Å². The molecule has 0 unspecified atom stereocenters. The summed E-state index contributed by atoms with van der Waals surface area (Å²) in [5.74, 6) is -2.25. The Morgan fingerprint density at radius 3 is 2.59 bits per heavy atom. The number of piperidine rings is 1. The van der Waals surface area contributed by atoms with Crippen molar-refractivity contribution in [3.63, 3.8) is 0 Å². The maximum Gasteiger partial charge on any atom is 0.251 e. The number of benzene rings is 1. The summed E-state index contributed by atoms with van der Waals surface area (Å²) in [5, 5.41) is 9.31. The molecule has 1 aliphatic rings. The fourth-order valence-electron chi connectivity index (χ4n) is 2.58. The van der Waals surface area contributed by atoms with Crippen molar-refractivity contribution in [2.75, 3.05) is 18.0 Å². The lowest BCUT2D eigenvalue weighted by atomic mass is 10.1. The molecule has 0 N–H and O–H groups in total. The Labute approximate surface area is 134 Å². The van der Waals surface area contributed by atoms with Gasteiger partial charge in [-0.25, -0.2) is 18.7 Å². The number of alkyl halides is 2. The largest absolute Gasteiger partial charge is 0.354 e. The maximum atomic E-state index is 13.3. The number of nitrogens with zero attached hydrogens (tertiary/aromatic N) is 4. The minimum atomic E-state index is -2.63. The molecule has 0 atom stereocenters. The van der Waals surface area contributed by atoms with Gasteiger partial charge in [-0.2, -0.15) is 5.26 Å². The maximum absolute atomic E-state index is 13.3. The second-order valence-electron chi connectivity index (χ2n) is 5.47. The zero-order valence-corrected chi connectivity index (χ0v) is 13.5. The first-order valence-electron chi connectivity index (χ1n) is 6.90. The van der Waals surface area contributed by atoms with Gasteiger partial charge in [0.1, 0.15) is 11.6 Å². The van der Waals surface area contributed by atoms with Crippen LogP contribution in [0.5, 0.6) is 0 Å². The molecule has 1 saturated heterocycles. The molecular weight excluding hydrogens is 354 g/mol. The summed E-state index contributed by atoms with van der Waals surface area (Å²) in [6.07, 6.45) is -0.459. The predicted molar refractivity (Wildman–Crippen MR) is 83.1 cm³/mol. The highest BCUT2D eigenvalue weighted by molar-refractivity contribution is 9.10. The van der Waals surface area contributed by atoms with Crippen molar-refractivity contribution in [2.45, 2.75) is 25.7 Å². The van der Waals surface area contributed by atoms with Gasteiger partial charge in [-0.1, -0.05) is 0 Å². The van der Waals surface area contributed by atoms with E-state index in [0.29, 0.717) is 16.9 Å². The smallest absolute Gasteiger partial charge is 0.251 e. The molecule has 1 fully saturated rings. The Hall–Kier alpha value is -1.81. The summed E-state index contributed by atoms with van der Waals surface area (Å²) in [5.41, 5.74) is 2.43. The van der Waals surface area contributed by atoms with Gasteiger partial charge in [-0.3, -0.25) is 0 Å². The van der Waals surface area contributed by atoms with Gasteiger partial charge in [0.05, 0.1) is 5.52 Å². The number of rotatable bonds is 1. The van der Waals surface area contributed by atoms with Crippen LogP contribution in [-0.4, -0.2) is 29.0 Å². The third-order valence-corrected chi connectivity index (χ3v) is 4.35. The molecule has 1 aromatic heterocycles. The van der Waals surface area contributed by atoms with Gasteiger partial charge in [0.2, 0.25) is 0 Å². The Bertz CT molecular complexity index is 775. The molecule has 114 valence electrons. The Morgan fingerprint density at radius 2 is 1.95 bits per heavy atom. The van der Waals surface area contributed by atoms with E-state index in [1.807, 2.05) is 25.1 Å². The standard InChI is InChI=1S/C15H13BrF2N4/c1-9-6-10(16)13-11(7-9)20-12(8-19)14(21-13)22-4-2-15(17,18)3-5-22/h6-7H,2-5H2,1H3. The van der Waals surface area contributed by atoms with E-state index >= 15 is 0 Å². The van der Waals surface area contributed by atoms with Crippen molar-refractivity contribution in [3.8, 4) is 6.07 Å². The van der Waals surface area contributed by atoms with E-state index in [1.165, 1.54) is 0 Å². The van der Waals surface area contributed by atoms with Crippen molar-refractivity contribution < 1.29 is 8.78 Å². The van der Waals surface area contributed by atoms with Crippen LogP contribution in [0.2, 0.25) is 0 Å². The van der Waals surface area contributed by atoms with Crippen molar-refractivity contribution in [2.24, 2.45) is 0 Å².